The van der Waals surface area contributed by atoms with Gasteiger partial charge in [0, 0.05) is 48.9 Å². The lowest BCUT2D eigenvalue weighted by Gasteiger charge is -2.35. The van der Waals surface area contributed by atoms with E-state index in [-0.39, 0.29) is 11.6 Å². The molecule has 1 aliphatic heterocycles. The SMILES string of the molecule is Cc1c(C(=O)N2CCN(c3ccc(-c4ccc5ccccc5c4)nn3)CC2)cccc1[N+](=O)[O-]. The Morgan fingerprint density at radius 1 is 0.882 bits per heavy atom. The number of carbonyl (C=O) groups excluding carboxylic acids is 1. The van der Waals surface area contributed by atoms with E-state index in [9.17, 15) is 14.9 Å². The van der Waals surface area contributed by atoms with Crippen LogP contribution in [-0.2, 0) is 0 Å². The number of fused-ring (bicyclic) bond motifs is 1. The molecular formula is C26H23N5O3. The molecule has 0 atom stereocenters. The molecule has 0 saturated carbocycles. The summed E-state index contributed by atoms with van der Waals surface area (Å²) in [6.07, 6.45) is 0. The number of carbonyl (C=O) groups is 1. The van der Waals surface area contributed by atoms with Crippen molar-refractivity contribution in [3.63, 3.8) is 0 Å². The molecule has 1 saturated heterocycles. The minimum Gasteiger partial charge on any atom is -0.352 e. The first-order valence-electron chi connectivity index (χ1n) is 11.1. The first-order chi connectivity index (χ1) is 16.5. The number of nitro groups is 1. The smallest absolute Gasteiger partial charge is 0.273 e. The predicted molar refractivity (Wildman–Crippen MR) is 131 cm³/mol. The quantitative estimate of drug-likeness (QED) is 0.334. The third kappa shape index (κ3) is 4.05. The van der Waals surface area contributed by atoms with Crippen LogP contribution >= 0.6 is 0 Å². The molecule has 0 unspecified atom stereocenters. The molecule has 2 heterocycles. The topological polar surface area (TPSA) is 92.5 Å². The van der Waals surface area contributed by atoms with Crippen molar-refractivity contribution in [3.8, 4) is 11.3 Å². The van der Waals surface area contributed by atoms with Crippen LogP contribution in [-0.4, -0.2) is 52.1 Å². The lowest BCUT2D eigenvalue weighted by molar-refractivity contribution is -0.385. The highest BCUT2D eigenvalue weighted by Crippen LogP contribution is 2.25. The maximum atomic E-state index is 13.0. The first-order valence-corrected chi connectivity index (χ1v) is 11.1. The molecule has 1 aliphatic rings. The van der Waals surface area contributed by atoms with Crippen molar-refractivity contribution in [2.45, 2.75) is 6.92 Å². The van der Waals surface area contributed by atoms with Crippen LogP contribution in [0.1, 0.15) is 15.9 Å². The van der Waals surface area contributed by atoms with E-state index in [0.717, 1.165) is 22.5 Å². The fourth-order valence-corrected chi connectivity index (χ4v) is 4.36. The number of benzene rings is 3. The largest absolute Gasteiger partial charge is 0.352 e. The summed E-state index contributed by atoms with van der Waals surface area (Å²) in [5.41, 5.74) is 2.56. The number of nitrogens with zero attached hydrogens (tertiary/aromatic N) is 5. The molecule has 0 aliphatic carbocycles. The fourth-order valence-electron chi connectivity index (χ4n) is 4.36. The molecule has 0 spiro atoms. The Morgan fingerprint density at radius 2 is 1.65 bits per heavy atom. The van der Waals surface area contributed by atoms with E-state index in [2.05, 4.69) is 39.4 Å². The average Bonchev–Trinajstić information content (AvgIpc) is 2.88. The summed E-state index contributed by atoms with van der Waals surface area (Å²) in [4.78, 5) is 27.6. The van der Waals surface area contributed by atoms with Crippen molar-refractivity contribution < 1.29 is 9.72 Å². The summed E-state index contributed by atoms with van der Waals surface area (Å²) < 4.78 is 0. The Kier molecular flexibility index (Phi) is 5.63. The van der Waals surface area contributed by atoms with Crippen LogP contribution in [0.3, 0.4) is 0 Å². The molecule has 0 radical (unpaired) electrons. The van der Waals surface area contributed by atoms with Gasteiger partial charge in [-0.3, -0.25) is 14.9 Å². The number of aromatic nitrogens is 2. The van der Waals surface area contributed by atoms with Crippen LogP contribution in [0.4, 0.5) is 11.5 Å². The average molecular weight is 454 g/mol. The second-order valence-corrected chi connectivity index (χ2v) is 8.32. The van der Waals surface area contributed by atoms with Crippen molar-refractivity contribution in [3.05, 3.63) is 94.0 Å². The highest BCUT2D eigenvalue weighted by atomic mass is 16.6. The summed E-state index contributed by atoms with van der Waals surface area (Å²) in [5, 5.41) is 22.4. The number of hydrogen-bond acceptors (Lipinski definition) is 6. The van der Waals surface area contributed by atoms with E-state index in [0.29, 0.717) is 37.3 Å². The second kappa shape index (κ2) is 8.90. The van der Waals surface area contributed by atoms with Crippen molar-refractivity contribution in [2.75, 3.05) is 31.1 Å². The van der Waals surface area contributed by atoms with E-state index < -0.39 is 4.92 Å². The maximum absolute atomic E-state index is 13.0. The summed E-state index contributed by atoms with van der Waals surface area (Å²) in [6, 6.07) is 23.0. The van der Waals surface area contributed by atoms with Crippen molar-refractivity contribution in [2.24, 2.45) is 0 Å². The van der Waals surface area contributed by atoms with Crippen LogP contribution in [0.25, 0.3) is 22.0 Å². The molecule has 5 rings (SSSR count). The fraction of sp³-hybridized carbons (Fsp3) is 0.192. The van der Waals surface area contributed by atoms with E-state index >= 15 is 0 Å². The van der Waals surface area contributed by atoms with Crippen molar-refractivity contribution in [1.29, 1.82) is 0 Å². The molecule has 8 heteroatoms. The van der Waals surface area contributed by atoms with Gasteiger partial charge in [0.2, 0.25) is 0 Å². The highest BCUT2D eigenvalue weighted by Gasteiger charge is 2.26. The molecule has 34 heavy (non-hydrogen) atoms. The number of piperazine rings is 1. The Hall–Kier alpha value is -4.33. The van der Waals surface area contributed by atoms with Crippen molar-refractivity contribution in [1.82, 2.24) is 15.1 Å². The van der Waals surface area contributed by atoms with Gasteiger partial charge in [-0.15, -0.1) is 10.2 Å². The Morgan fingerprint density at radius 3 is 2.35 bits per heavy atom. The Bertz CT molecular complexity index is 1380. The van der Waals surface area contributed by atoms with Crippen LogP contribution in [0.5, 0.6) is 0 Å². The molecule has 0 bridgehead atoms. The van der Waals surface area contributed by atoms with Crippen LogP contribution in [0.15, 0.2) is 72.8 Å². The van der Waals surface area contributed by atoms with Crippen LogP contribution in [0.2, 0.25) is 0 Å². The molecule has 8 nitrogen and oxygen atoms in total. The van der Waals surface area contributed by atoms with Gasteiger partial charge in [-0.25, -0.2) is 0 Å². The van der Waals surface area contributed by atoms with Gasteiger partial charge in [-0.1, -0.05) is 42.5 Å². The third-order valence-electron chi connectivity index (χ3n) is 6.32. The minimum atomic E-state index is -0.454. The summed E-state index contributed by atoms with van der Waals surface area (Å²) in [5.74, 6) is 0.585. The standard InChI is InChI=1S/C26H23N5O3/c1-18-22(7-4-8-24(18)31(33)34)26(32)30-15-13-29(14-16-30)25-12-11-23(27-28-25)21-10-9-19-5-2-3-6-20(19)17-21/h2-12,17H,13-16H2,1H3. The minimum absolute atomic E-state index is 0.0359. The molecule has 1 aromatic heterocycles. The van der Waals surface area contributed by atoms with E-state index in [1.54, 1.807) is 24.0 Å². The van der Waals surface area contributed by atoms with Gasteiger partial charge < -0.3 is 9.80 Å². The zero-order valence-electron chi connectivity index (χ0n) is 18.7. The first kappa shape index (κ1) is 21.5. The van der Waals surface area contributed by atoms with Crippen LogP contribution < -0.4 is 4.90 Å². The monoisotopic (exact) mass is 453 g/mol. The maximum Gasteiger partial charge on any atom is 0.273 e. The molecule has 4 aromatic rings. The van der Waals surface area contributed by atoms with Crippen molar-refractivity contribution >= 4 is 28.2 Å². The zero-order valence-corrected chi connectivity index (χ0v) is 18.7. The van der Waals surface area contributed by atoms with Crippen LogP contribution in [0, 0.1) is 17.0 Å². The number of amides is 1. The normalized spacial score (nSPS) is 13.8. The molecule has 170 valence electrons. The third-order valence-corrected chi connectivity index (χ3v) is 6.32. The van der Waals surface area contributed by atoms with Gasteiger partial charge in [0.05, 0.1) is 10.6 Å². The number of rotatable bonds is 4. The van der Waals surface area contributed by atoms with Gasteiger partial charge in [-0.05, 0) is 42.0 Å². The number of anilines is 1. The molecular weight excluding hydrogens is 430 g/mol. The van der Waals surface area contributed by atoms with Gasteiger partial charge in [-0.2, -0.15) is 0 Å². The predicted octanol–water partition coefficient (Wildman–Crippen LogP) is 4.48. The molecule has 0 N–H and O–H groups in total. The Labute approximate surface area is 196 Å². The summed E-state index contributed by atoms with van der Waals surface area (Å²) in [7, 11) is 0. The number of hydrogen-bond donors (Lipinski definition) is 0. The van der Waals surface area contributed by atoms with E-state index in [1.165, 1.54) is 11.5 Å². The lowest BCUT2D eigenvalue weighted by atomic mass is 10.0. The lowest BCUT2D eigenvalue weighted by Crippen LogP contribution is -2.49. The van der Waals surface area contributed by atoms with E-state index in [1.807, 2.05) is 30.3 Å². The zero-order chi connectivity index (χ0) is 23.7. The molecule has 3 aromatic carbocycles. The van der Waals surface area contributed by atoms with E-state index in [4.69, 9.17) is 0 Å². The molecule has 1 fully saturated rings. The second-order valence-electron chi connectivity index (χ2n) is 8.32. The molecule has 1 amide bonds. The van der Waals surface area contributed by atoms with Gasteiger partial charge in [0.1, 0.15) is 0 Å². The van der Waals surface area contributed by atoms with Gasteiger partial charge >= 0.3 is 0 Å². The Balaban J connectivity index is 1.26. The highest BCUT2D eigenvalue weighted by molar-refractivity contribution is 5.96. The number of nitro benzene ring substituents is 1. The van der Waals surface area contributed by atoms with Gasteiger partial charge in [0.25, 0.3) is 11.6 Å². The summed E-state index contributed by atoms with van der Waals surface area (Å²) >= 11 is 0. The van der Waals surface area contributed by atoms with Gasteiger partial charge in [0.15, 0.2) is 5.82 Å². The summed E-state index contributed by atoms with van der Waals surface area (Å²) in [6.45, 7) is 3.87.